The molecule has 0 fully saturated rings. The van der Waals surface area contributed by atoms with Crippen LogP contribution in [0.2, 0.25) is 0 Å². The lowest BCUT2D eigenvalue weighted by Crippen LogP contribution is -2.12. The molecule has 15 heavy (non-hydrogen) atoms. The number of H-pyrrole nitrogens is 1. The van der Waals surface area contributed by atoms with Gasteiger partial charge in [-0.15, -0.1) is 5.10 Å². The first-order valence-corrected chi connectivity index (χ1v) is 4.13. The van der Waals surface area contributed by atoms with Gasteiger partial charge < -0.3 is 11.1 Å². The van der Waals surface area contributed by atoms with E-state index in [4.69, 9.17) is 5.73 Å². The number of amides is 1. The Morgan fingerprint density at radius 1 is 1.67 bits per heavy atom. The number of anilines is 2. The molecule has 2 aromatic rings. The SMILES string of the molecule is Cn1cc(Nc2[nH]ncc2C(N)=O)nn1. The molecule has 2 rings (SSSR count). The molecule has 0 aliphatic rings. The number of aromatic nitrogens is 5. The van der Waals surface area contributed by atoms with Gasteiger partial charge in [-0.2, -0.15) is 5.10 Å². The van der Waals surface area contributed by atoms with E-state index in [1.54, 1.807) is 13.2 Å². The summed E-state index contributed by atoms with van der Waals surface area (Å²) in [6.45, 7) is 0. The van der Waals surface area contributed by atoms with E-state index in [0.29, 0.717) is 11.6 Å². The maximum absolute atomic E-state index is 11.0. The summed E-state index contributed by atoms with van der Waals surface area (Å²) in [4.78, 5) is 11.0. The van der Waals surface area contributed by atoms with E-state index in [0.717, 1.165) is 0 Å². The van der Waals surface area contributed by atoms with Gasteiger partial charge in [-0.3, -0.25) is 14.6 Å². The van der Waals surface area contributed by atoms with Crippen LogP contribution in [0.5, 0.6) is 0 Å². The number of aromatic amines is 1. The van der Waals surface area contributed by atoms with E-state index < -0.39 is 5.91 Å². The van der Waals surface area contributed by atoms with E-state index in [9.17, 15) is 4.79 Å². The highest BCUT2D eigenvalue weighted by atomic mass is 16.1. The van der Waals surface area contributed by atoms with Gasteiger partial charge in [0.05, 0.1) is 12.4 Å². The highest BCUT2D eigenvalue weighted by Crippen LogP contribution is 2.14. The van der Waals surface area contributed by atoms with E-state index in [1.165, 1.54) is 10.9 Å². The Morgan fingerprint density at radius 2 is 2.47 bits per heavy atom. The van der Waals surface area contributed by atoms with Crippen LogP contribution in [0.1, 0.15) is 10.4 Å². The predicted octanol–water partition coefficient (Wildman–Crippen LogP) is -0.619. The molecular formula is C7H9N7O. The van der Waals surface area contributed by atoms with Crippen LogP contribution >= 0.6 is 0 Å². The third-order valence-corrected chi connectivity index (χ3v) is 1.76. The quantitative estimate of drug-likeness (QED) is 0.620. The number of nitrogens with two attached hydrogens (primary N) is 1. The van der Waals surface area contributed by atoms with E-state index in [1.807, 2.05) is 0 Å². The Morgan fingerprint density at radius 3 is 3.07 bits per heavy atom. The van der Waals surface area contributed by atoms with E-state index in [2.05, 4.69) is 25.8 Å². The zero-order valence-electron chi connectivity index (χ0n) is 7.93. The van der Waals surface area contributed by atoms with Crippen molar-refractivity contribution in [3.8, 4) is 0 Å². The molecule has 0 atom stereocenters. The lowest BCUT2D eigenvalue weighted by Gasteiger charge is -1.99. The van der Waals surface area contributed by atoms with Crippen LogP contribution in [0.25, 0.3) is 0 Å². The Bertz CT molecular complexity index is 485. The predicted molar refractivity (Wildman–Crippen MR) is 51.4 cm³/mol. The summed E-state index contributed by atoms with van der Waals surface area (Å²) in [6.07, 6.45) is 3.01. The van der Waals surface area contributed by atoms with Gasteiger partial charge in [-0.05, 0) is 0 Å². The van der Waals surface area contributed by atoms with Crippen molar-refractivity contribution in [1.29, 1.82) is 0 Å². The van der Waals surface area contributed by atoms with Crippen molar-refractivity contribution < 1.29 is 4.79 Å². The summed E-state index contributed by atoms with van der Waals surface area (Å²) >= 11 is 0. The van der Waals surface area contributed by atoms with Crippen LogP contribution in [-0.2, 0) is 7.05 Å². The molecule has 0 aliphatic heterocycles. The van der Waals surface area contributed by atoms with Crippen molar-refractivity contribution >= 4 is 17.5 Å². The molecule has 78 valence electrons. The fourth-order valence-corrected chi connectivity index (χ4v) is 1.10. The molecule has 8 heteroatoms. The molecule has 4 N–H and O–H groups in total. The minimum absolute atomic E-state index is 0.278. The van der Waals surface area contributed by atoms with Crippen LogP contribution in [0.15, 0.2) is 12.4 Å². The summed E-state index contributed by atoms with van der Waals surface area (Å²) in [7, 11) is 1.74. The smallest absolute Gasteiger partial charge is 0.254 e. The molecule has 2 aromatic heterocycles. The molecule has 0 aromatic carbocycles. The van der Waals surface area contributed by atoms with Crippen LogP contribution in [0.4, 0.5) is 11.6 Å². The number of nitrogens with one attached hydrogen (secondary N) is 2. The first kappa shape index (κ1) is 9.19. The molecule has 0 aliphatic carbocycles. The summed E-state index contributed by atoms with van der Waals surface area (Å²) in [5.41, 5.74) is 5.42. The monoisotopic (exact) mass is 207 g/mol. The van der Waals surface area contributed by atoms with Crippen LogP contribution < -0.4 is 11.1 Å². The van der Waals surface area contributed by atoms with Gasteiger partial charge in [0.2, 0.25) is 0 Å². The number of carbonyl (C=O) groups is 1. The molecule has 1 amide bonds. The highest BCUT2D eigenvalue weighted by molar-refractivity contribution is 5.97. The third-order valence-electron chi connectivity index (χ3n) is 1.76. The van der Waals surface area contributed by atoms with Gasteiger partial charge in [-0.1, -0.05) is 5.21 Å². The molecule has 0 spiro atoms. The molecule has 0 bridgehead atoms. The van der Waals surface area contributed by atoms with Gasteiger partial charge in [0.25, 0.3) is 5.91 Å². The van der Waals surface area contributed by atoms with Crippen molar-refractivity contribution in [2.24, 2.45) is 12.8 Å². The first-order chi connectivity index (χ1) is 7.16. The van der Waals surface area contributed by atoms with Crippen molar-refractivity contribution in [2.75, 3.05) is 5.32 Å². The Balaban J connectivity index is 2.24. The van der Waals surface area contributed by atoms with Crippen molar-refractivity contribution in [1.82, 2.24) is 25.2 Å². The summed E-state index contributed by atoms with van der Waals surface area (Å²) in [6, 6.07) is 0. The Kier molecular flexibility index (Phi) is 2.08. The molecule has 0 saturated heterocycles. The zero-order chi connectivity index (χ0) is 10.8. The maximum atomic E-state index is 11.0. The minimum Gasteiger partial charge on any atom is -0.365 e. The second-order valence-electron chi connectivity index (χ2n) is 2.93. The molecular weight excluding hydrogens is 198 g/mol. The third kappa shape index (κ3) is 1.77. The number of primary amides is 1. The van der Waals surface area contributed by atoms with Gasteiger partial charge in [0, 0.05) is 7.05 Å². The van der Waals surface area contributed by atoms with Crippen LogP contribution in [-0.4, -0.2) is 31.1 Å². The fourth-order valence-electron chi connectivity index (χ4n) is 1.10. The number of carbonyl (C=O) groups excluding carboxylic acids is 1. The molecule has 0 unspecified atom stereocenters. The average Bonchev–Trinajstić information content (AvgIpc) is 2.75. The van der Waals surface area contributed by atoms with E-state index >= 15 is 0 Å². The number of nitrogens with zero attached hydrogens (tertiary/aromatic N) is 4. The van der Waals surface area contributed by atoms with Crippen molar-refractivity contribution in [3.05, 3.63) is 18.0 Å². The zero-order valence-corrected chi connectivity index (χ0v) is 7.93. The Labute approximate surface area is 84.5 Å². The second-order valence-corrected chi connectivity index (χ2v) is 2.93. The average molecular weight is 207 g/mol. The second kappa shape index (κ2) is 3.40. The topological polar surface area (TPSA) is 115 Å². The summed E-state index contributed by atoms with van der Waals surface area (Å²) in [5, 5.41) is 16.7. The maximum Gasteiger partial charge on any atom is 0.254 e. The Hall–Kier alpha value is -2.38. The van der Waals surface area contributed by atoms with Gasteiger partial charge in [-0.25, -0.2) is 0 Å². The van der Waals surface area contributed by atoms with Crippen molar-refractivity contribution in [3.63, 3.8) is 0 Å². The van der Waals surface area contributed by atoms with Crippen LogP contribution in [0, 0.1) is 0 Å². The van der Waals surface area contributed by atoms with Gasteiger partial charge >= 0.3 is 0 Å². The van der Waals surface area contributed by atoms with Gasteiger partial charge in [0.1, 0.15) is 11.4 Å². The summed E-state index contributed by atoms with van der Waals surface area (Å²) in [5.74, 6) is 0.349. The standard InChI is InChI=1S/C7H9N7O/c1-14-3-5(11-13-14)10-7-4(6(8)15)2-9-12-7/h2-3H,1H3,(H2,8,15)(H2,9,10,12). The largest absolute Gasteiger partial charge is 0.365 e. The molecule has 0 radical (unpaired) electrons. The van der Waals surface area contributed by atoms with Gasteiger partial charge in [0.15, 0.2) is 5.82 Å². The molecule has 0 saturated carbocycles. The first-order valence-electron chi connectivity index (χ1n) is 4.13. The van der Waals surface area contributed by atoms with Crippen molar-refractivity contribution in [2.45, 2.75) is 0 Å². The van der Waals surface area contributed by atoms with Crippen LogP contribution in [0.3, 0.4) is 0 Å². The molecule has 2 heterocycles. The molecule has 8 nitrogen and oxygen atoms in total. The lowest BCUT2D eigenvalue weighted by molar-refractivity contribution is 0.100. The lowest BCUT2D eigenvalue weighted by atomic mass is 10.3. The highest BCUT2D eigenvalue weighted by Gasteiger charge is 2.11. The summed E-state index contributed by atoms with van der Waals surface area (Å²) < 4.78 is 1.53. The normalized spacial score (nSPS) is 10.2. The number of aryl methyl sites for hydroxylation is 1. The number of hydrogen-bond acceptors (Lipinski definition) is 5. The fraction of sp³-hybridized carbons (Fsp3) is 0.143. The number of rotatable bonds is 3. The number of hydrogen-bond donors (Lipinski definition) is 3. The minimum atomic E-state index is -0.560. The van der Waals surface area contributed by atoms with E-state index in [-0.39, 0.29) is 5.56 Å².